The van der Waals surface area contributed by atoms with Crippen molar-refractivity contribution in [1.29, 1.82) is 0 Å². The minimum atomic E-state index is 0.502. The molecule has 0 saturated carbocycles. The summed E-state index contributed by atoms with van der Waals surface area (Å²) in [5.41, 5.74) is 8.56. The van der Waals surface area contributed by atoms with Crippen molar-refractivity contribution in [3.63, 3.8) is 0 Å². The highest BCUT2D eigenvalue weighted by Gasteiger charge is 2.27. The molecule has 14 nitrogen and oxygen atoms in total. The van der Waals surface area contributed by atoms with Gasteiger partial charge in [-0.1, -0.05) is 72.2 Å². The van der Waals surface area contributed by atoms with Gasteiger partial charge in [-0.3, -0.25) is 0 Å². The zero-order valence-corrected chi connectivity index (χ0v) is 28.2. The first-order valence-electron chi connectivity index (χ1n) is 18.8. The summed E-state index contributed by atoms with van der Waals surface area (Å²) in [6.07, 6.45) is 25.8. The van der Waals surface area contributed by atoms with E-state index >= 15 is 0 Å². The molecule has 0 atom stereocenters. The first-order valence-corrected chi connectivity index (χ1v) is 18.8. The minimum Gasteiger partial charge on any atom is -0.181 e. The Morgan fingerprint density at radius 2 is 0.542 bits per heavy atom. The van der Waals surface area contributed by atoms with Crippen molar-refractivity contribution >= 4 is 11.9 Å². The molecule has 0 unspecified atom stereocenters. The number of hydrogen-bond acceptors (Lipinski definition) is 10. The molecular weight excluding hydrogens is 604 g/mol. The van der Waals surface area contributed by atoms with Gasteiger partial charge in [0.1, 0.15) is 0 Å². The number of aromatic nitrogens is 12. The third-order valence-corrected chi connectivity index (χ3v) is 10.7. The molecule has 0 aliphatic heterocycles. The average molecular weight is 653 g/mol. The van der Waals surface area contributed by atoms with Gasteiger partial charge in [-0.15, -0.1) is 30.6 Å². The van der Waals surface area contributed by atoms with Gasteiger partial charge in [-0.25, -0.2) is 0 Å². The molecule has 4 aromatic heterocycles. The van der Waals surface area contributed by atoms with Crippen LogP contribution in [0.15, 0.2) is 10.2 Å². The van der Waals surface area contributed by atoms with Crippen molar-refractivity contribution < 1.29 is 0 Å². The highest BCUT2D eigenvalue weighted by molar-refractivity contribution is 5.88. The quantitative estimate of drug-likeness (QED) is 0.162. The number of hydrogen-bond donors (Lipinski definition) is 0. The van der Waals surface area contributed by atoms with Crippen LogP contribution in [-0.4, -0.2) is 71.9 Å². The van der Waals surface area contributed by atoms with Gasteiger partial charge in [0.2, 0.25) is 0 Å². The normalized spacial score (nSPS) is 18.9. The predicted molar refractivity (Wildman–Crippen MR) is 180 cm³/mol. The maximum atomic E-state index is 5.08. The van der Waals surface area contributed by atoms with Gasteiger partial charge in [0.15, 0.2) is 0 Å². The second kappa shape index (κ2) is 14.6. The lowest BCUT2D eigenvalue weighted by atomic mass is 10.0. The zero-order chi connectivity index (χ0) is 32.1. The lowest BCUT2D eigenvalue weighted by Crippen LogP contribution is -2.30. The van der Waals surface area contributed by atoms with Gasteiger partial charge in [0.25, 0.3) is 11.9 Å². The smallest absolute Gasteiger partial charge is 0.181 e. The lowest BCUT2D eigenvalue weighted by molar-refractivity contribution is 0.593. The average Bonchev–Trinajstić information content (AvgIpc) is 3.82. The third kappa shape index (κ3) is 6.37. The fourth-order valence-electron chi connectivity index (χ4n) is 7.94. The Balaban J connectivity index is 1.32. The number of nitrogens with zero attached hydrogens (tertiary/aromatic N) is 14. The standard InChI is InChI=1S/C34H48N14/c1-5-13-21-29-25(17-9-1)35-41-45(29)33(46-30-22-14-6-2-10-18-26(30)36-42-46)39-40-34(47-31-23-15-7-3-11-19-27(31)37-43-47)48-32-24-16-8-4-12-20-28(32)38-44-48/h1-24H2. The van der Waals surface area contributed by atoms with E-state index in [0.29, 0.717) is 11.9 Å². The van der Waals surface area contributed by atoms with Gasteiger partial charge >= 0.3 is 0 Å². The van der Waals surface area contributed by atoms with Crippen molar-refractivity contribution in [3.8, 4) is 0 Å². The largest absolute Gasteiger partial charge is 0.274 e. The highest BCUT2D eigenvalue weighted by atomic mass is 15.6. The topological polar surface area (TPSA) is 148 Å². The summed E-state index contributed by atoms with van der Waals surface area (Å²) >= 11 is 0. The van der Waals surface area contributed by atoms with Crippen LogP contribution in [0.25, 0.3) is 0 Å². The van der Waals surface area contributed by atoms with Crippen molar-refractivity contribution in [2.75, 3.05) is 0 Å². The maximum absolute atomic E-state index is 5.08. The molecule has 0 spiro atoms. The molecule has 0 radical (unpaired) electrons. The minimum absolute atomic E-state index is 0.502. The van der Waals surface area contributed by atoms with E-state index in [-0.39, 0.29) is 0 Å². The first-order chi connectivity index (χ1) is 23.8. The van der Waals surface area contributed by atoms with Crippen LogP contribution in [-0.2, 0) is 51.4 Å². The molecule has 0 N–H and O–H groups in total. The van der Waals surface area contributed by atoms with E-state index in [1.54, 1.807) is 0 Å². The summed E-state index contributed by atoms with van der Waals surface area (Å²) in [6.45, 7) is 0. The molecule has 4 heterocycles. The molecule has 254 valence electrons. The van der Waals surface area contributed by atoms with E-state index in [1.165, 1.54) is 51.4 Å². The van der Waals surface area contributed by atoms with E-state index in [9.17, 15) is 0 Å². The summed E-state index contributed by atoms with van der Waals surface area (Å²) in [5, 5.41) is 47.8. The van der Waals surface area contributed by atoms with Crippen molar-refractivity contribution in [2.45, 2.75) is 154 Å². The molecule has 0 fully saturated rings. The fourth-order valence-corrected chi connectivity index (χ4v) is 7.94. The number of aryl methyl sites for hydroxylation is 4. The molecular formula is C34H48N14. The maximum Gasteiger partial charge on any atom is 0.274 e. The van der Waals surface area contributed by atoms with E-state index in [4.69, 9.17) is 31.1 Å². The summed E-state index contributed by atoms with van der Waals surface area (Å²) < 4.78 is 7.53. The Morgan fingerprint density at radius 3 is 0.792 bits per heavy atom. The van der Waals surface area contributed by atoms with Crippen LogP contribution in [0.2, 0.25) is 0 Å². The highest BCUT2D eigenvalue weighted by Crippen LogP contribution is 2.24. The van der Waals surface area contributed by atoms with Gasteiger partial charge in [-0.05, 0) is 103 Å². The molecule has 4 aliphatic rings. The Bertz CT molecular complexity index is 1520. The molecule has 4 aliphatic carbocycles. The first kappa shape index (κ1) is 31.2. The zero-order valence-electron chi connectivity index (χ0n) is 28.2. The van der Waals surface area contributed by atoms with Crippen molar-refractivity contribution in [2.24, 2.45) is 10.2 Å². The molecule has 0 saturated heterocycles. The van der Waals surface area contributed by atoms with Gasteiger partial charge < -0.3 is 0 Å². The van der Waals surface area contributed by atoms with Crippen molar-refractivity contribution in [1.82, 2.24) is 60.0 Å². The molecule has 0 aromatic carbocycles. The Kier molecular flexibility index (Phi) is 9.47. The SMILES string of the molecule is C1CCCc2c(nnn2C(=NN=C(n2nnc3c2CCCCCC3)n2nnc3c2CCCCCC3)n2nnc3c2CCCCCC3)CC1. The summed E-state index contributed by atoms with van der Waals surface area (Å²) in [4.78, 5) is 0. The molecule has 8 rings (SSSR count). The van der Waals surface area contributed by atoms with Crippen molar-refractivity contribution in [3.05, 3.63) is 45.6 Å². The second-order valence-corrected chi connectivity index (χ2v) is 14.0. The molecule has 48 heavy (non-hydrogen) atoms. The van der Waals surface area contributed by atoms with Crippen LogP contribution in [0.4, 0.5) is 0 Å². The van der Waals surface area contributed by atoms with E-state index in [0.717, 1.165) is 148 Å². The van der Waals surface area contributed by atoms with Crippen LogP contribution in [0.3, 0.4) is 0 Å². The monoisotopic (exact) mass is 652 g/mol. The Hall–Kier alpha value is -4.10. The number of fused-ring (bicyclic) bond motifs is 4. The fraction of sp³-hybridized carbons (Fsp3) is 0.706. The van der Waals surface area contributed by atoms with Gasteiger partial charge in [-0.2, -0.15) is 18.7 Å². The molecule has 14 heteroatoms. The predicted octanol–water partition coefficient (Wildman–Crippen LogP) is 4.81. The van der Waals surface area contributed by atoms with Crippen LogP contribution in [0, 0.1) is 0 Å². The van der Waals surface area contributed by atoms with Crippen LogP contribution in [0.5, 0.6) is 0 Å². The molecule has 0 bridgehead atoms. The third-order valence-electron chi connectivity index (χ3n) is 10.7. The Labute approximate surface area is 281 Å². The molecule has 4 aromatic rings. The summed E-state index contributed by atoms with van der Waals surface area (Å²) in [5.74, 6) is 1.00. The lowest BCUT2D eigenvalue weighted by Gasteiger charge is -2.16. The van der Waals surface area contributed by atoms with E-state index < -0.39 is 0 Å². The Morgan fingerprint density at radius 1 is 0.312 bits per heavy atom. The van der Waals surface area contributed by atoms with Crippen LogP contribution >= 0.6 is 0 Å². The van der Waals surface area contributed by atoms with Crippen LogP contribution < -0.4 is 0 Å². The van der Waals surface area contributed by atoms with E-state index in [2.05, 4.69) is 20.4 Å². The summed E-state index contributed by atoms with van der Waals surface area (Å²) in [6, 6.07) is 0. The summed E-state index contributed by atoms with van der Waals surface area (Å²) in [7, 11) is 0. The van der Waals surface area contributed by atoms with Gasteiger partial charge in [0.05, 0.1) is 45.6 Å². The second-order valence-electron chi connectivity index (χ2n) is 14.0. The van der Waals surface area contributed by atoms with Crippen LogP contribution in [0.1, 0.15) is 148 Å². The molecule has 0 amide bonds. The van der Waals surface area contributed by atoms with Gasteiger partial charge in [0, 0.05) is 0 Å². The van der Waals surface area contributed by atoms with E-state index in [1.807, 2.05) is 18.7 Å². The number of rotatable bonds is 1.